The van der Waals surface area contributed by atoms with Gasteiger partial charge in [0.2, 0.25) is 5.91 Å². The number of benzene rings is 1. The van der Waals surface area contributed by atoms with E-state index in [2.05, 4.69) is 46.4 Å². The molecule has 1 aromatic carbocycles. The second kappa shape index (κ2) is 8.06. The highest BCUT2D eigenvalue weighted by Gasteiger charge is 2.30. The number of amides is 1. The van der Waals surface area contributed by atoms with Crippen molar-refractivity contribution < 1.29 is 4.79 Å². The van der Waals surface area contributed by atoms with Crippen LogP contribution in [0.5, 0.6) is 0 Å². The van der Waals surface area contributed by atoms with E-state index in [1.165, 1.54) is 16.7 Å². The highest BCUT2D eigenvalue weighted by atomic mass is 16.2. The molecule has 1 aliphatic heterocycles. The topological polar surface area (TPSA) is 45.2 Å². The van der Waals surface area contributed by atoms with Crippen molar-refractivity contribution in [1.82, 2.24) is 15.2 Å². The fourth-order valence-corrected chi connectivity index (χ4v) is 3.20. The number of likely N-dealkylation sites (tertiary alicyclic amines) is 1. The second-order valence-electron chi connectivity index (χ2n) is 6.52. The van der Waals surface area contributed by atoms with Crippen LogP contribution in [0.2, 0.25) is 0 Å². The van der Waals surface area contributed by atoms with E-state index in [9.17, 15) is 4.79 Å². The summed E-state index contributed by atoms with van der Waals surface area (Å²) in [5, 5.41) is 3.47. The molecule has 0 aliphatic carbocycles. The van der Waals surface area contributed by atoms with Gasteiger partial charge in [-0.3, -0.25) is 9.78 Å². The van der Waals surface area contributed by atoms with Crippen molar-refractivity contribution in [2.45, 2.75) is 45.3 Å². The summed E-state index contributed by atoms with van der Waals surface area (Å²) in [5.41, 5.74) is 3.71. The van der Waals surface area contributed by atoms with E-state index in [1.54, 1.807) is 0 Å². The number of hydrogen-bond acceptors (Lipinski definition) is 3. The Bertz CT molecular complexity index is 654. The van der Waals surface area contributed by atoms with E-state index in [4.69, 9.17) is 0 Å². The van der Waals surface area contributed by atoms with Crippen molar-refractivity contribution in [3.63, 3.8) is 0 Å². The fraction of sp³-hybridized carbons (Fsp3) is 0.400. The minimum atomic E-state index is 0.287. The molecule has 126 valence electrons. The van der Waals surface area contributed by atoms with Crippen LogP contribution in [0, 0.1) is 6.92 Å². The van der Waals surface area contributed by atoms with Gasteiger partial charge in [-0.1, -0.05) is 29.8 Å². The first-order chi connectivity index (χ1) is 11.7. The zero-order valence-electron chi connectivity index (χ0n) is 14.2. The molecule has 1 fully saturated rings. The maximum atomic E-state index is 12.2. The van der Waals surface area contributed by atoms with Gasteiger partial charge in [0.05, 0.1) is 0 Å². The molecular formula is C20H25N3O. The van der Waals surface area contributed by atoms with Crippen LogP contribution in [0.25, 0.3) is 0 Å². The van der Waals surface area contributed by atoms with Crippen LogP contribution in [0.1, 0.15) is 36.0 Å². The predicted molar refractivity (Wildman–Crippen MR) is 95.3 cm³/mol. The number of pyridine rings is 1. The molecule has 3 rings (SSSR count). The molecule has 0 saturated carbocycles. The van der Waals surface area contributed by atoms with Gasteiger partial charge in [0, 0.05) is 37.9 Å². The molecule has 1 aliphatic rings. The van der Waals surface area contributed by atoms with Gasteiger partial charge >= 0.3 is 0 Å². The van der Waals surface area contributed by atoms with Crippen molar-refractivity contribution in [1.29, 1.82) is 0 Å². The molecule has 4 heteroatoms. The Morgan fingerprint density at radius 2 is 1.88 bits per heavy atom. The molecular weight excluding hydrogens is 298 g/mol. The lowest BCUT2D eigenvalue weighted by Gasteiger charge is -2.25. The van der Waals surface area contributed by atoms with Gasteiger partial charge in [0.25, 0.3) is 0 Å². The molecule has 0 spiro atoms. The first kappa shape index (κ1) is 16.7. The average Bonchev–Trinajstić information content (AvgIpc) is 2.95. The van der Waals surface area contributed by atoms with Crippen LogP contribution in [0.4, 0.5) is 0 Å². The maximum absolute atomic E-state index is 12.2. The number of aryl methyl sites for hydroxylation is 1. The first-order valence-corrected chi connectivity index (χ1v) is 8.67. The summed E-state index contributed by atoms with van der Waals surface area (Å²) in [6, 6.07) is 12.9. The summed E-state index contributed by atoms with van der Waals surface area (Å²) < 4.78 is 0. The van der Waals surface area contributed by atoms with Crippen molar-refractivity contribution in [2.75, 3.05) is 6.54 Å². The monoisotopic (exact) mass is 323 g/mol. The fourth-order valence-electron chi connectivity index (χ4n) is 3.20. The summed E-state index contributed by atoms with van der Waals surface area (Å²) >= 11 is 0. The Morgan fingerprint density at radius 1 is 1.12 bits per heavy atom. The number of aromatic nitrogens is 1. The Morgan fingerprint density at radius 3 is 2.62 bits per heavy atom. The van der Waals surface area contributed by atoms with E-state index in [1.807, 2.05) is 24.5 Å². The van der Waals surface area contributed by atoms with E-state index in [0.29, 0.717) is 12.5 Å². The molecule has 2 aromatic rings. The first-order valence-electron chi connectivity index (χ1n) is 8.67. The Balaban J connectivity index is 1.48. The number of nitrogens with zero attached hydrogens (tertiary/aromatic N) is 2. The van der Waals surface area contributed by atoms with Crippen LogP contribution in [-0.2, 0) is 17.9 Å². The minimum absolute atomic E-state index is 0.287. The molecule has 1 atom stereocenters. The minimum Gasteiger partial charge on any atom is -0.335 e. The molecule has 2 heterocycles. The number of carbonyl (C=O) groups excluding carboxylic acids is 1. The van der Waals surface area contributed by atoms with Crippen molar-refractivity contribution >= 4 is 5.91 Å². The van der Waals surface area contributed by atoms with Crippen molar-refractivity contribution in [3.05, 3.63) is 65.5 Å². The third-order valence-corrected chi connectivity index (χ3v) is 4.66. The van der Waals surface area contributed by atoms with Gasteiger partial charge in [0.1, 0.15) is 0 Å². The van der Waals surface area contributed by atoms with Gasteiger partial charge in [-0.15, -0.1) is 0 Å². The SMILES string of the molecule is Cc1ccc(CN2C(=O)CC[C@H]2CCNCc2ccncc2)cc1. The molecule has 1 N–H and O–H groups in total. The summed E-state index contributed by atoms with van der Waals surface area (Å²) in [5.74, 6) is 0.287. The second-order valence-corrected chi connectivity index (χ2v) is 6.52. The van der Waals surface area contributed by atoms with E-state index in [0.717, 1.165) is 32.5 Å². The molecule has 0 radical (unpaired) electrons. The van der Waals surface area contributed by atoms with E-state index in [-0.39, 0.29) is 5.91 Å². The van der Waals surface area contributed by atoms with E-state index < -0.39 is 0 Å². The molecule has 4 nitrogen and oxygen atoms in total. The van der Waals surface area contributed by atoms with Gasteiger partial charge in [-0.2, -0.15) is 0 Å². The molecule has 1 amide bonds. The van der Waals surface area contributed by atoms with Gasteiger partial charge < -0.3 is 10.2 Å². The number of carbonyl (C=O) groups is 1. The maximum Gasteiger partial charge on any atom is 0.223 e. The van der Waals surface area contributed by atoms with Gasteiger partial charge in [0.15, 0.2) is 0 Å². The Labute approximate surface area is 143 Å². The smallest absolute Gasteiger partial charge is 0.223 e. The quantitative estimate of drug-likeness (QED) is 0.797. The third kappa shape index (κ3) is 4.42. The molecule has 24 heavy (non-hydrogen) atoms. The lowest BCUT2D eigenvalue weighted by Crippen LogP contribution is -2.34. The normalized spacial score (nSPS) is 17.5. The molecule has 0 unspecified atom stereocenters. The van der Waals surface area contributed by atoms with Crippen LogP contribution in [0.3, 0.4) is 0 Å². The molecule has 1 saturated heterocycles. The van der Waals surface area contributed by atoms with Gasteiger partial charge in [-0.05, 0) is 49.6 Å². The Kier molecular flexibility index (Phi) is 5.59. The third-order valence-electron chi connectivity index (χ3n) is 4.66. The van der Waals surface area contributed by atoms with Crippen LogP contribution < -0.4 is 5.32 Å². The molecule has 1 aromatic heterocycles. The predicted octanol–water partition coefficient (Wildman–Crippen LogP) is 3.06. The summed E-state index contributed by atoms with van der Waals surface area (Å²) in [4.78, 5) is 18.3. The Hall–Kier alpha value is -2.20. The highest BCUT2D eigenvalue weighted by Crippen LogP contribution is 2.23. The number of rotatable bonds is 7. The van der Waals surface area contributed by atoms with Crippen molar-refractivity contribution in [3.8, 4) is 0 Å². The number of nitrogens with one attached hydrogen (secondary N) is 1. The standard InChI is InChI=1S/C20H25N3O/c1-16-2-4-18(5-3-16)15-23-19(6-7-20(23)24)10-13-22-14-17-8-11-21-12-9-17/h2-5,8-9,11-12,19,22H,6-7,10,13-15H2,1H3/t19-/m0/s1. The van der Waals surface area contributed by atoms with Gasteiger partial charge in [-0.25, -0.2) is 0 Å². The zero-order chi connectivity index (χ0) is 16.8. The lowest BCUT2D eigenvalue weighted by atomic mass is 10.1. The lowest BCUT2D eigenvalue weighted by molar-refractivity contribution is -0.129. The highest BCUT2D eigenvalue weighted by molar-refractivity contribution is 5.78. The van der Waals surface area contributed by atoms with E-state index >= 15 is 0 Å². The summed E-state index contributed by atoms with van der Waals surface area (Å²) in [6.45, 7) is 4.59. The zero-order valence-corrected chi connectivity index (χ0v) is 14.2. The summed E-state index contributed by atoms with van der Waals surface area (Å²) in [7, 11) is 0. The molecule has 0 bridgehead atoms. The van der Waals surface area contributed by atoms with Crippen LogP contribution >= 0.6 is 0 Å². The summed E-state index contributed by atoms with van der Waals surface area (Å²) in [6.07, 6.45) is 6.29. The van der Waals surface area contributed by atoms with Crippen LogP contribution in [0.15, 0.2) is 48.8 Å². The largest absolute Gasteiger partial charge is 0.335 e. The van der Waals surface area contributed by atoms with Crippen molar-refractivity contribution in [2.24, 2.45) is 0 Å². The number of hydrogen-bond donors (Lipinski definition) is 1. The average molecular weight is 323 g/mol. The van der Waals surface area contributed by atoms with Crippen LogP contribution in [-0.4, -0.2) is 28.4 Å².